The van der Waals surface area contributed by atoms with E-state index in [0.29, 0.717) is 17.5 Å². The van der Waals surface area contributed by atoms with Crippen molar-refractivity contribution < 1.29 is 0 Å². The summed E-state index contributed by atoms with van der Waals surface area (Å²) in [6.45, 7) is 4.62. The summed E-state index contributed by atoms with van der Waals surface area (Å²) < 4.78 is 0. The molecule has 8 aromatic carbocycles. The average molecular weight is 825 g/mol. The molecule has 10 aromatic rings. The van der Waals surface area contributed by atoms with Crippen molar-refractivity contribution in [1.82, 2.24) is 15.0 Å². The van der Waals surface area contributed by atoms with Gasteiger partial charge in [0.1, 0.15) is 5.80 Å². The number of aromatic nitrogens is 3. The van der Waals surface area contributed by atoms with Gasteiger partial charge in [0, 0.05) is 50.1 Å². The Kier molecular flexibility index (Phi) is 8.88. The van der Waals surface area contributed by atoms with Crippen molar-refractivity contribution in [1.29, 1.82) is 0 Å². The minimum Gasteiger partial charge on any atom is -0.208 e. The molecular formula is C59H43N3P+. The second-order valence-electron chi connectivity index (χ2n) is 16.6. The molecule has 2 atom stereocenters. The van der Waals surface area contributed by atoms with Gasteiger partial charge in [0.15, 0.2) is 30.3 Å². The van der Waals surface area contributed by atoms with Gasteiger partial charge < -0.3 is 0 Å². The Hall–Kier alpha value is -7.32. The maximum absolute atomic E-state index is 5.30. The van der Waals surface area contributed by atoms with Crippen molar-refractivity contribution in [2.24, 2.45) is 0 Å². The van der Waals surface area contributed by atoms with Gasteiger partial charge in [-0.05, 0) is 74.5 Å². The highest BCUT2D eigenvalue weighted by atomic mass is 31.1. The van der Waals surface area contributed by atoms with Gasteiger partial charge in [0.25, 0.3) is 0 Å². The molecule has 298 valence electrons. The minimum absolute atomic E-state index is 0.378. The molecule has 2 unspecified atom stereocenters. The molecule has 0 saturated heterocycles. The first kappa shape index (κ1) is 37.4. The maximum Gasteiger partial charge on any atom is 0.205 e. The third-order valence-corrected chi connectivity index (χ3v) is 16.2. The van der Waals surface area contributed by atoms with E-state index >= 15 is 0 Å². The minimum atomic E-state index is -1.00. The van der Waals surface area contributed by atoms with Crippen LogP contribution in [-0.2, 0) is 5.16 Å². The lowest BCUT2D eigenvalue weighted by Crippen LogP contribution is -2.21. The predicted molar refractivity (Wildman–Crippen MR) is 266 cm³/mol. The van der Waals surface area contributed by atoms with Crippen molar-refractivity contribution in [3.8, 4) is 56.4 Å². The molecule has 2 aromatic heterocycles. The Morgan fingerprint density at radius 2 is 1.06 bits per heavy atom. The van der Waals surface area contributed by atoms with Crippen LogP contribution in [0.15, 0.2) is 206 Å². The lowest BCUT2D eigenvalue weighted by Gasteiger charge is -2.26. The Balaban J connectivity index is 1.19. The van der Waals surface area contributed by atoms with Gasteiger partial charge in [-0.15, -0.1) is 0 Å². The molecule has 1 aliphatic heterocycles. The zero-order valence-electron chi connectivity index (χ0n) is 35.3. The predicted octanol–water partition coefficient (Wildman–Crippen LogP) is 16.2. The molecular weight excluding hydrogens is 782 g/mol. The van der Waals surface area contributed by atoms with E-state index < -0.39 is 7.53 Å². The van der Waals surface area contributed by atoms with Crippen molar-refractivity contribution in [3.05, 3.63) is 222 Å². The zero-order valence-corrected chi connectivity index (χ0v) is 36.2. The van der Waals surface area contributed by atoms with Crippen molar-refractivity contribution in [2.75, 3.05) is 0 Å². The Labute approximate surface area is 368 Å². The lowest BCUT2D eigenvalue weighted by molar-refractivity contribution is 0.852. The quantitative estimate of drug-likeness (QED) is 0.150. The largest absolute Gasteiger partial charge is 0.208 e. The van der Waals surface area contributed by atoms with E-state index in [9.17, 15) is 0 Å². The first-order valence-corrected chi connectivity index (χ1v) is 23.5. The molecule has 12 rings (SSSR count). The van der Waals surface area contributed by atoms with Crippen LogP contribution in [0.1, 0.15) is 43.1 Å². The number of benzene rings is 8. The topological polar surface area (TPSA) is 38.7 Å². The number of allylic oxidation sites excluding steroid dienone is 4. The lowest BCUT2D eigenvalue weighted by atomic mass is 9.80. The number of rotatable bonds is 7. The molecule has 0 amide bonds. The molecule has 0 saturated carbocycles. The van der Waals surface area contributed by atoms with Gasteiger partial charge >= 0.3 is 0 Å². The van der Waals surface area contributed by atoms with E-state index in [0.717, 1.165) is 35.1 Å². The summed E-state index contributed by atoms with van der Waals surface area (Å²) in [7, 11) is -1.00. The van der Waals surface area contributed by atoms with E-state index in [4.69, 9.17) is 15.0 Å². The highest BCUT2D eigenvalue weighted by Crippen LogP contribution is 2.74. The SMILES string of the molecule is CC/C=C\C1=C(CC)C2(c3ccccc3-c3c2c2ccccc2c2ccccc32)[p+]2cc(-c3c(-c4nc(-c5ccccc5)nc(-c5ccccc5)n4)ccc4ccccc34)ccc21. The van der Waals surface area contributed by atoms with Crippen LogP contribution in [0.25, 0.3) is 94.3 Å². The number of fused-ring (bicyclic) bond motifs is 13. The molecule has 3 heterocycles. The van der Waals surface area contributed by atoms with Crippen molar-refractivity contribution in [3.63, 3.8) is 0 Å². The van der Waals surface area contributed by atoms with Crippen LogP contribution in [0, 0.1) is 0 Å². The molecule has 0 radical (unpaired) electrons. The first-order valence-electron chi connectivity index (χ1n) is 22.1. The monoisotopic (exact) mass is 824 g/mol. The molecule has 1 aliphatic carbocycles. The first-order chi connectivity index (χ1) is 31.2. The smallest absolute Gasteiger partial charge is 0.205 e. The van der Waals surface area contributed by atoms with Gasteiger partial charge in [-0.1, -0.05) is 190 Å². The van der Waals surface area contributed by atoms with Gasteiger partial charge in [-0.25, -0.2) is 15.0 Å². The fraction of sp³-hybridized carbons (Fsp3) is 0.0847. The van der Waals surface area contributed by atoms with Crippen LogP contribution in [0.4, 0.5) is 0 Å². The van der Waals surface area contributed by atoms with Crippen LogP contribution in [0.5, 0.6) is 0 Å². The third kappa shape index (κ3) is 5.60. The molecule has 3 nitrogen and oxygen atoms in total. The van der Waals surface area contributed by atoms with Gasteiger partial charge in [-0.2, -0.15) is 0 Å². The Morgan fingerprint density at radius 1 is 0.476 bits per heavy atom. The molecule has 1 spiro atoms. The molecule has 2 aliphatic rings. The fourth-order valence-electron chi connectivity index (χ4n) is 10.7. The van der Waals surface area contributed by atoms with Crippen LogP contribution in [0.2, 0.25) is 0 Å². The third-order valence-electron chi connectivity index (χ3n) is 13.3. The van der Waals surface area contributed by atoms with E-state index in [1.54, 1.807) is 0 Å². The van der Waals surface area contributed by atoms with Gasteiger partial charge in [-0.3, -0.25) is 0 Å². The fourth-order valence-corrected chi connectivity index (χ4v) is 14.1. The van der Waals surface area contributed by atoms with Crippen LogP contribution in [0.3, 0.4) is 0 Å². The van der Waals surface area contributed by atoms with E-state index in [1.165, 1.54) is 76.6 Å². The maximum atomic E-state index is 5.30. The summed E-state index contributed by atoms with van der Waals surface area (Å²) in [5.41, 5.74) is 13.8. The molecule has 0 N–H and O–H groups in total. The molecule has 63 heavy (non-hydrogen) atoms. The zero-order chi connectivity index (χ0) is 42.1. The molecule has 4 heteroatoms. The second kappa shape index (κ2) is 14.9. The van der Waals surface area contributed by atoms with Crippen molar-refractivity contribution in [2.45, 2.75) is 31.8 Å². The van der Waals surface area contributed by atoms with Crippen LogP contribution >= 0.6 is 7.53 Å². The number of nitrogens with zero attached hydrogens (tertiary/aromatic N) is 3. The Bertz CT molecular complexity index is 3480. The van der Waals surface area contributed by atoms with Gasteiger partial charge in [0.2, 0.25) is 5.16 Å². The number of hydrogen-bond acceptors (Lipinski definition) is 3. The highest BCUT2D eigenvalue weighted by Gasteiger charge is 2.61. The van der Waals surface area contributed by atoms with Crippen molar-refractivity contribution >= 4 is 45.4 Å². The van der Waals surface area contributed by atoms with Crippen LogP contribution < -0.4 is 0 Å². The number of hydrogen-bond donors (Lipinski definition) is 0. The van der Waals surface area contributed by atoms with Gasteiger partial charge in [0.05, 0.1) is 0 Å². The highest BCUT2D eigenvalue weighted by molar-refractivity contribution is 7.53. The Morgan fingerprint density at radius 3 is 1.76 bits per heavy atom. The van der Waals surface area contributed by atoms with E-state index in [1.807, 2.05) is 36.4 Å². The average Bonchev–Trinajstić information content (AvgIpc) is 3.82. The summed E-state index contributed by atoms with van der Waals surface area (Å²) in [6.07, 6.45) is 6.71. The van der Waals surface area contributed by atoms with E-state index in [2.05, 4.69) is 177 Å². The summed E-state index contributed by atoms with van der Waals surface area (Å²) in [5.74, 6) is 4.65. The molecule has 0 bridgehead atoms. The summed E-state index contributed by atoms with van der Waals surface area (Å²) in [4.78, 5) is 15.7. The van der Waals surface area contributed by atoms with E-state index in [-0.39, 0.29) is 5.16 Å². The summed E-state index contributed by atoms with van der Waals surface area (Å²) in [5, 5.41) is 8.72. The van der Waals surface area contributed by atoms with Crippen LogP contribution in [-0.4, -0.2) is 15.0 Å². The molecule has 0 fully saturated rings. The summed E-state index contributed by atoms with van der Waals surface area (Å²) in [6, 6.07) is 66.2. The standard InChI is InChI=1S/C59H43N3P/c1-3-5-25-47-50(4-2)59(51-32-19-18-31-48(51)54-45-29-16-14-27-43(45)44-28-15-17-30-46(44)55(54)59)63-37-41(34-36-52(47)63)53-42-26-13-12-20-38(42)33-35-49(53)58-61-56(39-21-8-6-9-22-39)60-57(62-58)40-23-10-7-11-24-40/h5-37H,3-4H2,1-2H3/q+1/b25-5-. The normalized spacial score (nSPS) is 15.5. The second-order valence-corrected chi connectivity index (χ2v) is 18.7. The summed E-state index contributed by atoms with van der Waals surface area (Å²) >= 11 is 0.